The molecule has 0 bridgehead atoms. The number of rotatable bonds is 1. The second-order valence-corrected chi connectivity index (χ2v) is 3.74. The van der Waals surface area contributed by atoms with E-state index < -0.39 is 0 Å². The molecule has 2 aromatic heterocycles. The van der Waals surface area contributed by atoms with Gasteiger partial charge in [0.15, 0.2) is 11.8 Å². The largest absolute Gasteiger partial charge is 0.494 e. The lowest BCUT2D eigenvalue weighted by Crippen LogP contribution is -1.95. The van der Waals surface area contributed by atoms with Crippen molar-refractivity contribution in [1.82, 2.24) is 9.55 Å². The van der Waals surface area contributed by atoms with Crippen molar-refractivity contribution in [2.45, 2.75) is 0 Å². The molecule has 17 heavy (non-hydrogen) atoms. The van der Waals surface area contributed by atoms with E-state index in [1.807, 2.05) is 24.3 Å². The molecule has 0 atom stereocenters. The van der Waals surface area contributed by atoms with E-state index in [9.17, 15) is 10.2 Å². The Kier molecular flexibility index (Phi) is 2.01. The van der Waals surface area contributed by atoms with E-state index in [2.05, 4.69) is 4.98 Å². The van der Waals surface area contributed by atoms with Crippen LogP contribution in [0.5, 0.6) is 11.8 Å². The van der Waals surface area contributed by atoms with Crippen LogP contribution in [0.4, 0.5) is 0 Å². The minimum absolute atomic E-state index is 0.0133. The molecular weight excluding hydrogens is 216 g/mol. The monoisotopic (exact) mass is 226 g/mol. The van der Waals surface area contributed by atoms with Crippen LogP contribution in [0.2, 0.25) is 0 Å². The van der Waals surface area contributed by atoms with Crippen molar-refractivity contribution in [2.75, 3.05) is 0 Å². The molecule has 0 saturated heterocycles. The summed E-state index contributed by atoms with van der Waals surface area (Å²) in [5, 5.41) is 20.4. The highest BCUT2D eigenvalue weighted by atomic mass is 16.3. The van der Waals surface area contributed by atoms with Crippen molar-refractivity contribution in [2.24, 2.45) is 0 Å². The molecule has 0 amide bonds. The van der Waals surface area contributed by atoms with Gasteiger partial charge in [0, 0.05) is 23.7 Å². The Morgan fingerprint density at radius 1 is 0.882 bits per heavy atom. The zero-order valence-corrected chi connectivity index (χ0v) is 8.91. The fourth-order valence-corrected chi connectivity index (χ4v) is 1.93. The van der Waals surface area contributed by atoms with Crippen molar-refractivity contribution in [3.63, 3.8) is 0 Å². The number of aromatic nitrogens is 2. The molecule has 0 fully saturated rings. The number of hydrogen-bond donors (Lipinski definition) is 2. The number of fused-ring (bicyclic) bond motifs is 1. The van der Waals surface area contributed by atoms with Gasteiger partial charge < -0.3 is 10.2 Å². The predicted octanol–water partition coefficient (Wildman–Crippen LogP) is 2.44. The molecule has 0 aliphatic carbocycles. The Balaban J connectivity index is 2.38. The number of para-hydroxylation sites is 1. The molecule has 2 N–H and O–H groups in total. The topological polar surface area (TPSA) is 58.3 Å². The van der Waals surface area contributed by atoms with E-state index in [0.29, 0.717) is 5.69 Å². The zero-order chi connectivity index (χ0) is 11.8. The maximum absolute atomic E-state index is 9.72. The normalized spacial score (nSPS) is 10.8. The van der Waals surface area contributed by atoms with Gasteiger partial charge in [-0.1, -0.05) is 18.2 Å². The van der Waals surface area contributed by atoms with Crippen LogP contribution in [-0.4, -0.2) is 19.8 Å². The summed E-state index contributed by atoms with van der Waals surface area (Å²) < 4.78 is 1.36. The molecule has 4 nitrogen and oxygen atoms in total. The Labute approximate surface area is 97.4 Å². The minimum atomic E-state index is -0.0133. The molecule has 84 valence electrons. The maximum Gasteiger partial charge on any atom is 0.198 e. The van der Waals surface area contributed by atoms with E-state index in [1.165, 1.54) is 16.7 Å². The third kappa shape index (κ3) is 1.42. The van der Waals surface area contributed by atoms with Crippen LogP contribution >= 0.6 is 0 Å². The molecule has 0 radical (unpaired) electrons. The Morgan fingerprint density at radius 3 is 2.35 bits per heavy atom. The molecule has 2 heterocycles. The van der Waals surface area contributed by atoms with Crippen LogP contribution in [0, 0.1) is 0 Å². The highest BCUT2D eigenvalue weighted by molar-refractivity contribution is 5.86. The first-order chi connectivity index (χ1) is 8.27. The van der Waals surface area contributed by atoms with Crippen molar-refractivity contribution in [3.05, 3.63) is 48.7 Å². The molecule has 3 rings (SSSR count). The smallest absolute Gasteiger partial charge is 0.198 e. The van der Waals surface area contributed by atoms with Crippen LogP contribution in [-0.2, 0) is 0 Å². The molecule has 4 heteroatoms. The first kappa shape index (κ1) is 9.72. The van der Waals surface area contributed by atoms with Gasteiger partial charge in [-0.15, -0.1) is 0 Å². The first-order valence-electron chi connectivity index (χ1n) is 5.21. The molecule has 0 aliphatic heterocycles. The minimum Gasteiger partial charge on any atom is -0.494 e. The van der Waals surface area contributed by atoms with Crippen LogP contribution in [0.3, 0.4) is 0 Å². The third-order valence-electron chi connectivity index (χ3n) is 2.69. The molecule has 0 aliphatic rings. The quantitative estimate of drug-likeness (QED) is 0.670. The van der Waals surface area contributed by atoms with Gasteiger partial charge in [-0.3, -0.25) is 4.98 Å². The lowest BCUT2D eigenvalue weighted by Gasteiger charge is -2.09. The maximum atomic E-state index is 9.72. The van der Waals surface area contributed by atoms with Gasteiger partial charge in [0.2, 0.25) is 0 Å². The van der Waals surface area contributed by atoms with Gasteiger partial charge in [-0.25, -0.2) is 4.57 Å². The van der Waals surface area contributed by atoms with Gasteiger partial charge in [0.05, 0.1) is 11.2 Å². The van der Waals surface area contributed by atoms with E-state index in [0.717, 1.165) is 10.9 Å². The second-order valence-electron chi connectivity index (χ2n) is 3.74. The summed E-state index contributed by atoms with van der Waals surface area (Å²) in [6.07, 6.45) is 1.68. The van der Waals surface area contributed by atoms with E-state index in [1.54, 1.807) is 12.3 Å². The third-order valence-corrected chi connectivity index (χ3v) is 2.69. The Bertz CT molecular complexity index is 664. The number of benzene rings is 1. The van der Waals surface area contributed by atoms with Gasteiger partial charge in [0.25, 0.3) is 0 Å². The summed E-state index contributed by atoms with van der Waals surface area (Å²) in [5.74, 6) is -0.0266. The van der Waals surface area contributed by atoms with Gasteiger partial charge in [-0.2, -0.15) is 0 Å². The fraction of sp³-hybridized carbons (Fsp3) is 0. The summed E-state index contributed by atoms with van der Waals surface area (Å²) in [4.78, 5) is 4.28. The lowest BCUT2D eigenvalue weighted by atomic mass is 10.2. The molecule has 0 unspecified atom stereocenters. The summed E-state index contributed by atoms with van der Waals surface area (Å²) >= 11 is 0. The SMILES string of the molecule is Oc1ccc(O)n1-c1cccc2cccnc12. The molecule has 0 spiro atoms. The number of pyridine rings is 1. The molecular formula is C13H10N2O2. The number of hydrogen-bond acceptors (Lipinski definition) is 3. The highest BCUT2D eigenvalue weighted by Gasteiger charge is 2.11. The van der Waals surface area contributed by atoms with Crippen LogP contribution in [0.1, 0.15) is 0 Å². The zero-order valence-electron chi connectivity index (χ0n) is 8.91. The van der Waals surface area contributed by atoms with E-state index in [4.69, 9.17) is 0 Å². The van der Waals surface area contributed by atoms with E-state index >= 15 is 0 Å². The van der Waals surface area contributed by atoms with Crippen LogP contribution in [0.25, 0.3) is 16.6 Å². The lowest BCUT2D eigenvalue weighted by molar-refractivity contribution is 0.403. The van der Waals surface area contributed by atoms with Gasteiger partial charge in [-0.05, 0) is 12.1 Å². The van der Waals surface area contributed by atoms with Crippen molar-refractivity contribution >= 4 is 10.9 Å². The van der Waals surface area contributed by atoms with Crippen molar-refractivity contribution < 1.29 is 10.2 Å². The second kappa shape index (κ2) is 3.52. The Morgan fingerprint density at radius 2 is 1.59 bits per heavy atom. The summed E-state index contributed by atoms with van der Waals surface area (Å²) in [5.41, 5.74) is 1.39. The average molecular weight is 226 g/mol. The van der Waals surface area contributed by atoms with Crippen molar-refractivity contribution in [3.8, 4) is 17.4 Å². The van der Waals surface area contributed by atoms with Gasteiger partial charge in [0.1, 0.15) is 0 Å². The predicted molar refractivity (Wildman–Crippen MR) is 64.4 cm³/mol. The Hall–Kier alpha value is -2.49. The first-order valence-corrected chi connectivity index (χ1v) is 5.21. The number of aromatic hydroxyl groups is 2. The molecule has 0 saturated carbocycles. The summed E-state index contributed by atoms with van der Waals surface area (Å²) in [6.45, 7) is 0. The van der Waals surface area contributed by atoms with E-state index in [-0.39, 0.29) is 11.8 Å². The number of nitrogens with zero attached hydrogens (tertiary/aromatic N) is 2. The van der Waals surface area contributed by atoms with Gasteiger partial charge >= 0.3 is 0 Å². The van der Waals surface area contributed by atoms with Crippen LogP contribution in [0.15, 0.2) is 48.7 Å². The van der Waals surface area contributed by atoms with Crippen LogP contribution < -0.4 is 0 Å². The summed E-state index contributed by atoms with van der Waals surface area (Å²) in [6, 6.07) is 12.3. The average Bonchev–Trinajstić information content (AvgIpc) is 2.69. The fourth-order valence-electron chi connectivity index (χ4n) is 1.93. The molecule has 1 aromatic carbocycles. The standard InChI is InChI=1S/C13H10N2O2/c16-11-6-7-12(17)15(11)10-5-1-3-9-4-2-8-14-13(9)10/h1-8,16-17H. The molecule has 3 aromatic rings. The highest BCUT2D eigenvalue weighted by Crippen LogP contribution is 2.30. The summed E-state index contributed by atoms with van der Waals surface area (Å²) in [7, 11) is 0. The van der Waals surface area contributed by atoms with Crippen molar-refractivity contribution in [1.29, 1.82) is 0 Å².